The molecule has 43 heavy (non-hydrogen) atoms. The third kappa shape index (κ3) is 3.90. The first-order valence-electron chi connectivity index (χ1n) is 13.4. The Hall–Kier alpha value is -5.79. The fourth-order valence-electron chi connectivity index (χ4n) is 6.29. The third-order valence-corrected chi connectivity index (χ3v) is 8.03. The summed E-state index contributed by atoms with van der Waals surface area (Å²) in [6.45, 7) is 9.68. The lowest BCUT2D eigenvalue weighted by molar-refractivity contribution is -0.137. The van der Waals surface area contributed by atoms with E-state index in [1.165, 1.54) is 12.1 Å². The van der Waals surface area contributed by atoms with Crippen molar-refractivity contribution in [3.8, 4) is 28.4 Å². The van der Waals surface area contributed by atoms with Gasteiger partial charge in [-0.15, -0.1) is 4.95 Å². The van der Waals surface area contributed by atoms with Crippen LogP contribution in [0.15, 0.2) is 107 Å². The Balaban J connectivity index is 1.87. The monoisotopic (exact) mass is 564 g/mol. The minimum absolute atomic E-state index is 0.454. The van der Waals surface area contributed by atoms with Crippen LogP contribution < -0.4 is 10.7 Å². The molecule has 7 heteroatoms. The number of nitrogens with zero attached hydrogens (tertiary/aromatic N) is 4. The zero-order valence-corrected chi connectivity index (χ0v) is 22.7. The van der Waals surface area contributed by atoms with Crippen LogP contribution >= 0.6 is 0 Å². The average Bonchev–Trinajstić information content (AvgIpc) is 3.50. The van der Waals surface area contributed by atoms with Gasteiger partial charge in [0, 0.05) is 43.4 Å². The van der Waals surface area contributed by atoms with Crippen LogP contribution in [0, 0.1) is 25.0 Å². The summed E-state index contributed by atoms with van der Waals surface area (Å²) in [7, 11) is 0. The molecular formula is C36H19F3N4. The van der Waals surface area contributed by atoms with E-state index in [0.29, 0.717) is 27.2 Å². The number of rotatable bonds is 2. The molecule has 7 rings (SSSR count). The van der Waals surface area contributed by atoms with Gasteiger partial charge in [-0.05, 0) is 41.0 Å². The summed E-state index contributed by atoms with van der Waals surface area (Å²) >= 11 is 0. The van der Waals surface area contributed by atoms with Gasteiger partial charge in [-0.25, -0.2) is 0 Å². The third-order valence-electron chi connectivity index (χ3n) is 8.03. The SMILES string of the molecule is [C-]#[N+]/N=c1\c2ccccc2c2c(-c3ccc(C)cc3)c3c(=NC#N)c4ccccc4c3c(-c3ccc(C(F)(F)F)cc3)c12. The molecule has 0 aromatic heterocycles. The summed E-state index contributed by atoms with van der Waals surface area (Å²) in [5.74, 6) is 0. The fourth-order valence-corrected chi connectivity index (χ4v) is 6.29. The highest BCUT2D eigenvalue weighted by Crippen LogP contribution is 2.47. The highest BCUT2D eigenvalue weighted by Gasteiger charge is 2.31. The summed E-state index contributed by atoms with van der Waals surface area (Å²) in [6, 6.07) is 28.4. The summed E-state index contributed by atoms with van der Waals surface area (Å²) in [6.07, 6.45) is -2.52. The van der Waals surface area contributed by atoms with Gasteiger partial charge in [0.1, 0.15) is 0 Å². The molecule has 7 aromatic carbocycles. The van der Waals surface area contributed by atoms with Gasteiger partial charge < -0.3 is 0 Å². The first-order valence-corrected chi connectivity index (χ1v) is 13.4. The normalized spacial score (nSPS) is 12.9. The number of alkyl halides is 3. The van der Waals surface area contributed by atoms with E-state index < -0.39 is 11.7 Å². The standard InChI is InChI=1S/C36H19F3N4/c1-20-11-13-21(14-12-20)28-31-25-8-4-6-10-27(25)35(43-41-2)33(31)29(22-15-17-23(18-16-22)36(37,38)39)30-24-7-3-5-9-26(24)34(32(28)30)42-19-40/h3-18H,1H3/b42-34?,43-35+. The molecule has 4 nitrogen and oxygen atoms in total. The Labute approximate surface area is 243 Å². The molecule has 0 aliphatic rings. The van der Waals surface area contributed by atoms with E-state index in [2.05, 4.69) is 15.0 Å². The molecule has 0 aliphatic carbocycles. The molecule has 0 bridgehead atoms. The zero-order valence-electron chi connectivity index (χ0n) is 22.7. The maximum atomic E-state index is 13.6. The van der Waals surface area contributed by atoms with Crippen molar-refractivity contribution in [2.75, 3.05) is 0 Å². The molecule has 0 atom stereocenters. The molecule has 0 aliphatic heterocycles. The van der Waals surface area contributed by atoms with Gasteiger partial charge in [0.25, 0.3) is 0 Å². The lowest BCUT2D eigenvalue weighted by Crippen LogP contribution is -2.05. The minimum atomic E-state index is -4.50. The molecule has 0 amide bonds. The maximum absolute atomic E-state index is 13.6. The number of nitriles is 1. The number of hydrogen-bond donors (Lipinski definition) is 0. The van der Waals surface area contributed by atoms with Crippen LogP contribution in [0.2, 0.25) is 0 Å². The predicted molar refractivity (Wildman–Crippen MR) is 163 cm³/mol. The van der Waals surface area contributed by atoms with E-state index in [-0.39, 0.29) is 0 Å². The van der Waals surface area contributed by atoms with E-state index >= 15 is 0 Å². The van der Waals surface area contributed by atoms with Gasteiger partial charge in [-0.1, -0.05) is 90.5 Å². The van der Waals surface area contributed by atoms with Gasteiger partial charge in [0.15, 0.2) is 5.36 Å². The van der Waals surface area contributed by atoms with Crippen molar-refractivity contribution in [2.24, 2.45) is 10.1 Å². The van der Waals surface area contributed by atoms with E-state index in [0.717, 1.165) is 66.5 Å². The Morgan fingerprint density at radius 1 is 0.651 bits per heavy atom. The highest BCUT2D eigenvalue weighted by molar-refractivity contribution is 6.34. The Morgan fingerprint density at radius 2 is 1.12 bits per heavy atom. The van der Waals surface area contributed by atoms with Crippen molar-refractivity contribution in [2.45, 2.75) is 13.1 Å². The van der Waals surface area contributed by atoms with E-state index in [1.54, 1.807) is 0 Å². The highest BCUT2D eigenvalue weighted by atomic mass is 19.4. The number of fused-ring (bicyclic) bond motifs is 6. The van der Waals surface area contributed by atoms with Gasteiger partial charge in [-0.2, -0.15) is 30.0 Å². The van der Waals surface area contributed by atoms with Crippen molar-refractivity contribution < 1.29 is 13.2 Å². The first kappa shape index (κ1) is 26.1. The molecule has 0 fully saturated rings. The first-order chi connectivity index (χ1) is 20.8. The molecule has 7 aromatic rings. The zero-order chi connectivity index (χ0) is 29.9. The van der Waals surface area contributed by atoms with Crippen LogP contribution in [-0.2, 0) is 6.18 Å². The minimum Gasteiger partial charge on any atom is -0.181 e. The number of aryl methyl sites for hydroxylation is 1. The topological polar surface area (TPSA) is 52.9 Å². The van der Waals surface area contributed by atoms with Crippen LogP contribution in [0.25, 0.3) is 70.3 Å². The summed E-state index contributed by atoms with van der Waals surface area (Å²) in [4.78, 5) is 7.74. The predicted octanol–water partition coefficient (Wildman–Crippen LogP) is 8.95. The van der Waals surface area contributed by atoms with E-state index in [1.807, 2.05) is 85.9 Å². The molecule has 0 radical (unpaired) electrons. The van der Waals surface area contributed by atoms with Crippen molar-refractivity contribution in [3.05, 3.63) is 130 Å². The molecular weight excluding hydrogens is 545 g/mol. The van der Waals surface area contributed by atoms with Crippen molar-refractivity contribution in [3.63, 3.8) is 0 Å². The van der Waals surface area contributed by atoms with Gasteiger partial charge in [0.2, 0.25) is 6.19 Å². The van der Waals surface area contributed by atoms with Crippen LogP contribution in [0.4, 0.5) is 13.2 Å². The van der Waals surface area contributed by atoms with Crippen molar-refractivity contribution in [1.29, 1.82) is 5.26 Å². The molecule has 0 spiro atoms. The molecule has 0 N–H and O–H groups in total. The molecule has 0 saturated carbocycles. The fraction of sp³-hybridized carbons (Fsp3) is 0.0556. The van der Waals surface area contributed by atoms with Crippen LogP contribution in [-0.4, -0.2) is 0 Å². The lowest BCUT2D eigenvalue weighted by atomic mass is 9.87. The van der Waals surface area contributed by atoms with E-state index in [4.69, 9.17) is 6.57 Å². The second-order valence-corrected chi connectivity index (χ2v) is 10.4. The largest absolute Gasteiger partial charge is 0.416 e. The quantitative estimate of drug-likeness (QED) is 0.117. The number of halogens is 3. The van der Waals surface area contributed by atoms with Gasteiger partial charge >= 0.3 is 6.18 Å². The van der Waals surface area contributed by atoms with Crippen molar-refractivity contribution >= 4 is 43.1 Å². The van der Waals surface area contributed by atoms with E-state index in [9.17, 15) is 18.4 Å². The van der Waals surface area contributed by atoms with Crippen LogP contribution in [0.3, 0.4) is 0 Å². The van der Waals surface area contributed by atoms with Gasteiger partial charge in [0.05, 0.1) is 16.0 Å². The smallest absolute Gasteiger partial charge is 0.181 e. The second kappa shape index (κ2) is 9.65. The molecule has 204 valence electrons. The summed E-state index contributed by atoms with van der Waals surface area (Å²) in [5.41, 5.74) is 3.20. The second-order valence-electron chi connectivity index (χ2n) is 10.4. The molecule has 0 saturated heterocycles. The number of hydrogen-bond acceptors (Lipinski definition) is 3. The average molecular weight is 565 g/mol. The maximum Gasteiger partial charge on any atom is 0.416 e. The van der Waals surface area contributed by atoms with Crippen LogP contribution in [0.1, 0.15) is 11.1 Å². The lowest BCUT2D eigenvalue weighted by Gasteiger charge is -2.15. The Bertz CT molecular complexity index is 2440. The number of benzene rings is 5. The Morgan fingerprint density at radius 3 is 1.60 bits per heavy atom. The Kier molecular flexibility index (Phi) is 5.86. The van der Waals surface area contributed by atoms with Crippen LogP contribution in [0.5, 0.6) is 0 Å². The van der Waals surface area contributed by atoms with Gasteiger partial charge in [-0.3, -0.25) is 0 Å². The van der Waals surface area contributed by atoms with Crippen molar-refractivity contribution in [1.82, 2.24) is 0 Å². The summed E-state index contributed by atoms with van der Waals surface area (Å²) in [5, 5.41) is 21.1. The summed E-state index contributed by atoms with van der Waals surface area (Å²) < 4.78 is 40.8. The molecule has 0 unspecified atom stereocenters. The molecule has 0 heterocycles.